The van der Waals surface area contributed by atoms with E-state index in [9.17, 15) is 5.11 Å². The van der Waals surface area contributed by atoms with Gasteiger partial charge in [0.1, 0.15) is 0 Å². The number of hydrogen-bond donors (Lipinski definition) is 1. The largest absolute Gasteiger partial charge is 0.391 e. The predicted molar refractivity (Wildman–Crippen MR) is 59.5 cm³/mol. The molecule has 0 aliphatic rings. The molecule has 1 N–H and O–H groups in total. The number of nitrogens with zero attached hydrogens (tertiary/aromatic N) is 1. The first-order valence-electron chi connectivity index (χ1n) is 5.72. The third-order valence-corrected chi connectivity index (χ3v) is 2.33. The van der Waals surface area contributed by atoms with E-state index in [0.717, 1.165) is 39.1 Å². The van der Waals surface area contributed by atoms with Crippen LogP contribution in [0.15, 0.2) is 0 Å². The van der Waals surface area contributed by atoms with E-state index >= 15 is 0 Å². The highest BCUT2D eigenvalue weighted by molar-refractivity contribution is 4.59. The van der Waals surface area contributed by atoms with Gasteiger partial charge in [0.05, 0.1) is 12.7 Å². The zero-order chi connectivity index (χ0) is 10.8. The van der Waals surface area contributed by atoms with Crippen molar-refractivity contribution in [1.29, 1.82) is 0 Å². The molecule has 0 bridgehead atoms. The van der Waals surface area contributed by atoms with Crippen molar-refractivity contribution < 1.29 is 9.84 Å². The van der Waals surface area contributed by atoms with Crippen LogP contribution in [0.1, 0.15) is 33.6 Å². The van der Waals surface area contributed by atoms with Crippen molar-refractivity contribution in [1.82, 2.24) is 4.90 Å². The second kappa shape index (κ2) is 9.44. The summed E-state index contributed by atoms with van der Waals surface area (Å²) in [5, 5.41) is 9.56. The van der Waals surface area contributed by atoms with Crippen LogP contribution in [0.4, 0.5) is 0 Å². The van der Waals surface area contributed by atoms with Crippen LogP contribution in [0.3, 0.4) is 0 Å². The minimum atomic E-state index is -0.304. The molecule has 14 heavy (non-hydrogen) atoms. The van der Waals surface area contributed by atoms with Gasteiger partial charge < -0.3 is 14.7 Å². The molecule has 0 heterocycles. The van der Waals surface area contributed by atoms with Gasteiger partial charge in [-0.25, -0.2) is 0 Å². The van der Waals surface area contributed by atoms with E-state index in [1.807, 2.05) is 0 Å². The summed E-state index contributed by atoms with van der Waals surface area (Å²) >= 11 is 0. The maximum Gasteiger partial charge on any atom is 0.0785 e. The fourth-order valence-electron chi connectivity index (χ4n) is 1.32. The first-order valence-corrected chi connectivity index (χ1v) is 5.72. The zero-order valence-electron chi connectivity index (χ0n) is 9.83. The number of hydrogen-bond acceptors (Lipinski definition) is 3. The van der Waals surface area contributed by atoms with Gasteiger partial charge in [0.15, 0.2) is 0 Å². The third kappa shape index (κ3) is 7.30. The van der Waals surface area contributed by atoms with Crippen LogP contribution in [0, 0.1) is 0 Å². The van der Waals surface area contributed by atoms with E-state index in [2.05, 4.69) is 25.7 Å². The molecule has 0 aromatic carbocycles. The molecule has 1 unspecified atom stereocenters. The van der Waals surface area contributed by atoms with Crippen LogP contribution >= 0.6 is 0 Å². The molecule has 0 radical (unpaired) electrons. The van der Waals surface area contributed by atoms with E-state index in [1.165, 1.54) is 0 Å². The Bertz CT molecular complexity index is 116. The van der Waals surface area contributed by atoms with Gasteiger partial charge in [0.25, 0.3) is 0 Å². The summed E-state index contributed by atoms with van der Waals surface area (Å²) < 4.78 is 5.28. The van der Waals surface area contributed by atoms with Gasteiger partial charge in [-0.3, -0.25) is 0 Å². The Morgan fingerprint density at radius 2 is 1.86 bits per heavy atom. The van der Waals surface area contributed by atoms with Gasteiger partial charge in [0.2, 0.25) is 0 Å². The van der Waals surface area contributed by atoms with Crippen LogP contribution in [-0.2, 0) is 4.74 Å². The van der Waals surface area contributed by atoms with E-state index in [4.69, 9.17) is 4.74 Å². The van der Waals surface area contributed by atoms with Gasteiger partial charge in [-0.05, 0) is 25.9 Å². The summed E-state index contributed by atoms with van der Waals surface area (Å²) in [5.74, 6) is 0. The van der Waals surface area contributed by atoms with Gasteiger partial charge in [0, 0.05) is 13.2 Å². The molecular formula is C11H25NO2. The molecule has 86 valence electrons. The van der Waals surface area contributed by atoms with Crippen molar-refractivity contribution in [2.75, 3.05) is 32.8 Å². The van der Waals surface area contributed by atoms with Crippen LogP contribution < -0.4 is 0 Å². The highest BCUT2D eigenvalue weighted by Gasteiger charge is 2.06. The highest BCUT2D eigenvalue weighted by Crippen LogP contribution is 1.97. The Hall–Kier alpha value is -0.120. The van der Waals surface area contributed by atoms with E-state index in [1.54, 1.807) is 0 Å². The Morgan fingerprint density at radius 1 is 1.21 bits per heavy atom. The van der Waals surface area contributed by atoms with Crippen LogP contribution in [0.25, 0.3) is 0 Å². The fourth-order valence-corrected chi connectivity index (χ4v) is 1.32. The van der Waals surface area contributed by atoms with Crippen LogP contribution in [0.5, 0.6) is 0 Å². The second-order valence-electron chi connectivity index (χ2n) is 3.54. The number of aliphatic hydroxyl groups is 1. The van der Waals surface area contributed by atoms with Crippen molar-refractivity contribution in [2.45, 2.75) is 39.7 Å². The minimum Gasteiger partial charge on any atom is -0.391 e. The van der Waals surface area contributed by atoms with Crippen LogP contribution in [0.2, 0.25) is 0 Å². The highest BCUT2D eigenvalue weighted by atomic mass is 16.5. The van der Waals surface area contributed by atoms with E-state index in [0.29, 0.717) is 6.61 Å². The Morgan fingerprint density at radius 3 is 2.36 bits per heavy atom. The van der Waals surface area contributed by atoms with E-state index in [-0.39, 0.29) is 6.10 Å². The molecular weight excluding hydrogens is 178 g/mol. The molecule has 1 atom stereocenters. The summed E-state index contributed by atoms with van der Waals surface area (Å²) in [4.78, 5) is 2.31. The molecule has 0 spiro atoms. The molecule has 0 fully saturated rings. The molecule has 0 aliphatic heterocycles. The second-order valence-corrected chi connectivity index (χ2v) is 3.54. The zero-order valence-corrected chi connectivity index (χ0v) is 9.83. The lowest BCUT2D eigenvalue weighted by atomic mass is 10.2. The maximum atomic E-state index is 9.56. The van der Waals surface area contributed by atoms with Crippen molar-refractivity contribution >= 4 is 0 Å². The Kier molecular flexibility index (Phi) is 9.35. The van der Waals surface area contributed by atoms with E-state index < -0.39 is 0 Å². The maximum absolute atomic E-state index is 9.56. The van der Waals surface area contributed by atoms with Crippen LogP contribution in [-0.4, -0.2) is 49.0 Å². The summed E-state index contributed by atoms with van der Waals surface area (Å²) in [6.45, 7) is 10.7. The monoisotopic (exact) mass is 203 g/mol. The smallest absolute Gasteiger partial charge is 0.0785 e. The van der Waals surface area contributed by atoms with Crippen molar-refractivity contribution in [3.8, 4) is 0 Å². The summed E-state index contributed by atoms with van der Waals surface area (Å²) in [6, 6.07) is 0. The first kappa shape index (κ1) is 13.9. The summed E-state index contributed by atoms with van der Waals surface area (Å²) in [6.07, 6.45) is 1.52. The van der Waals surface area contributed by atoms with Gasteiger partial charge >= 0.3 is 0 Å². The first-order chi connectivity index (χ1) is 6.74. The molecule has 0 aromatic rings. The standard InChI is InChI=1S/C11H25NO2/c1-4-9-14-10-11(13)7-8-12(5-2)6-3/h11,13H,4-10H2,1-3H3. The third-order valence-electron chi connectivity index (χ3n) is 2.33. The molecule has 0 aromatic heterocycles. The predicted octanol–water partition coefficient (Wildman–Crippen LogP) is 1.51. The quantitative estimate of drug-likeness (QED) is 0.577. The lowest BCUT2D eigenvalue weighted by Crippen LogP contribution is -2.28. The molecule has 0 saturated heterocycles. The van der Waals surface area contributed by atoms with Gasteiger partial charge in [-0.15, -0.1) is 0 Å². The fraction of sp³-hybridized carbons (Fsp3) is 1.00. The number of aliphatic hydroxyl groups excluding tert-OH is 1. The average molecular weight is 203 g/mol. The van der Waals surface area contributed by atoms with Gasteiger partial charge in [-0.2, -0.15) is 0 Å². The molecule has 0 saturated carbocycles. The SMILES string of the molecule is CCCOCC(O)CCN(CC)CC. The molecule has 3 nitrogen and oxygen atoms in total. The summed E-state index contributed by atoms with van der Waals surface area (Å²) in [7, 11) is 0. The number of ether oxygens (including phenoxy) is 1. The lowest BCUT2D eigenvalue weighted by molar-refractivity contribution is 0.0280. The number of rotatable bonds is 9. The Labute approximate surface area is 88.1 Å². The van der Waals surface area contributed by atoms with Crippen molar-refractivity contribution in [2.24, 2.45) is 0 Å². The normalized spacial score (nSPS) is 13.5. The average Bonchev–Trinajstić information content (AvgIpc) is 2.20. The topological polar surface area (TPSA) is 32.7 Å². The minimum absolute atomic E-state index is 0.304. The molecule has 0 aliphatic carbocycles. The van der Waals surface area contributed by atoms with Crippen molar-refractivity contribution in [3.05, 3.63) is 0 Å². The Balaban J connectivity index is 3.37. The van der Waals surface area contributed by atoms with Gasteiger partial charge in [-0.1, -0.05) is 20.8 Å². The summed E-state index contributed by atoms with van der Waals surface area (Å²) in [5.41, 5.74) is 0. The van der Waals surface area contributed by atoms with Crippen molar-refractivity contribution in [3.63, 3.8) is 0 Å². The molecule has 3 heteroatoms. The molecule has 0 rings (SSSR count). The molecule has 0 amide bonds. The lowest BCUT2D eigenvalue weighted by Gasteiger charge is -2.19.